The van der Waals surface area contributed by atoms with Crippen molar-refractivity contribution in [3.8, 4) is 5.75 Å². The fraction of sp³-hybridized carbons (Fsp3) is 0.176. The zero-order chi connectivity index (χ0) is 17.5. The minimum absolute atomic E-state index is 0.0983. The number of hydrogen-bond acceptors (Lipinski definition) is 4. The van der Waals surface area contributed by atoms with Gasteiger partial charge < -0.3 is 14.8 Å². The molecule has 24 heavy (non-hydrogen) atoms. The summed E-state index contributed by atoms with van der Waals surface area (Å²) in [4.78, 5) is 23.7. The normalized spacial score (nSPS) is 10.1. The van der Waals surface area contributed by atoms with Gasteiger partial charge in [0, 0.05) is 9.50 Å². The maximum absolute atomic E-state index is 11.9. The Morgan fingerprint density at radius 2 is 1.88 bits per heavy atom. The molecule has 5 nitrogen and oxygen atoms in total. The number of nitrogens with one attached hydrogen (secondary N) is 1. The molecule has 0 heterocycles. The van der Waals surface area contributed by atoms with Gasteiger partial charge in [0.2, 0.25) is 0 Å². The summed E-state index contributed by atoms with van der Waals surface area (Å²) in [5, 5.41) is 3.05. The van der Waals surface area contributed by atoms with Crippen LogP contribution in [0.3, 0.4) is 0 Å². The quantitative estimate of drug-likeness (QED) is 0.732. The average molecular weight is 413 g/mol. The molecule has 0 fully saturated rings. The van der Waals surface area contributed by atoms with Crippen LogP contribution in [-0.2, 0) is 20.7 Å². The molecule has 1 amide bonds. The molecule has 0 saturated carbocycles. The van der Waals surface area contributed by atoms with Gasteiger partial charge in [0.15, 0.2) is 6.61 Å². The lowest BCUT2D eigenvalue weighted by molar-refractivity contribution is -0.146. The second-order valence-electron chi connectivity index (χ2n) is 4.86. The lowest BCUT2D eigenvalue weighted by atomic mass is 10.2. The van der Waals surface area contributed by atoms with Crippen molar-refractivity contribution in [2.75, 3.05) is 19.0 Å². The maximum Gasteiger partial charge on any atom is 0.310 e. The zero-order valence-corrected chi connectivity index (χ0v) is 15.2. The highest BCUT2D eigenvalue weighted by molar-refractivity contribution is 9.10. The van der Waals surface area contributed by atoms with E-state index in [1.807, 2.05) is 24.3 Å². The van der Waals surface area contributed by atoms with E-state index in [2.05, 4.69) is 21.2 Å². The summed E-state index contributed by atoms with van der Waals surface area (Å²) in [6, 6.07) is 12.1. The lowest BCUT2D eigenvalue weighted by Gasteiger charge is -2.11. The van der Waals surface area contributed by atoms with Crippen LogP contribution in [0.25, 0.3) is 0 Å². The van der Waals surface area contributed by atoms with Crippen LogP contribution in [-0.4, -0.2) is 25.6 Å². The average Bonchev–Trinajstić information content (AvgIpc) is 2.55. The topological polar surface area (TPSA) is 64.6 Å². The SMILES string of the molecule is COc1ccc(Cl)cc1NC(=O)COC(=O)Cc1ccc(Br)cc1. The number of halogens is 2. The van der Waals surface area contributed by atoms with E-state index in [1.54, 1.807) is 18.2 Å². The van der Waals surface area contributed by atoms with Gasteiger partial charge in [0.25, 0.3) is 5.91 Å². The number of carbonyl (C=O) groups is 2. The number of rotatable bonds is 6. The number of benzene rings is 2. The van der Waals surface area contributed by atoms with Crippen LogP contribution in [0.1, 0.15) is 5.56 Å². The van der Waals surface area contributed by atoms with Crippen LogP contribution in [0, 0.1) is 0 Å². The molecule has 0 aliphatic heterocycles. The molecule has 126 valence electrons. The molecule has 0 aliphatic rings. The van der Waals surface area contributed by atoms with Crippen molar-refractivity contribution >= 4 is 45.1 Å². The first-order valence-corrected chi connectivity index (χ1v) is 8.18. The first-order chi connectivity index (χ1) is 11.5. The highest BCUT2D eigenvalue weighted by atomic mass is 79.9. The molecule has 7 heteroatoms. The fourth-order valence-electron chi connectivity index (χ4n) is 1.93. The third-order valence-electron chi connectivity index (χ3n) is 3.06. The Morgan fingerprint density at radius 3 is 2.54 bits per heavy atom. The Bertz CT molecular complexity index is 734. The maximum atomic E-state index is 11.9. The number of esters is 1. The van der Waals surface area contributed by atoms with Gasteiger partial charge in [-0.05, 0) is 35.9 Å². The van der Waals surface area contributed by atoms with Gasteiger partial charge in [-0.25, -0.2) is 0 Å². The van der Waals surface area contributed by atoms with Crippen molar-refractivity contribution in [1.29, 1.82) is 0 Å². The van der Waals surface area contributed by atoms with Gasteiger partial charge in [-0.15, -0.1) is 0 Å². The fourth-order valence-corrected chi connectivity index (χ4v) is 2.37. The Balaban J connectivity index is 1.85. The van der Waals surface area contributed by atoms with Crippen molar-refractivity contribution in [1.82, 2.24) is 0 Å². The molecular formula is C17H15BrClNO4. The van der Waals surface area contributed by atoms with Gasteiger partial charge in [-0.1, -0.05) is 39.7 Å². The third kappa shape index (κ3) is 5.54. The van der Waals surface area contributed by atoms with Crippen molar-refractivity contribution in [2.45, 2.75) is 6.42 Å². The van der Waals surface area contributed by atoms with Crippen molar-refractivity contribution in [3.63, 3.8) is 0 Å². The van der Waals surface area contributed by atoms with Gasteiger partial charge in [-0.3, -0.25) is 9.59 Å². The lowest BCUT2D eigenvalue weighted by Crippen LogP contribution is -2.22. The molecule has 0 bridgehead atoms. The Morgan fingerprint density at radius 1 is 1.17 bits per heavy atom. The van der Waals surface area contributed by atoms with E-state index in [4.69, 9.17) is 21.1 Å². The van der Waals surface area contributed by atoms with Crippen LogP contribution in [0.15, 0.2) is 46.9 Å². The monoisotopic (exact) mass is 411 g/mol. The van der Waals surface area contributed by atoms with E-state index >= 15 is 0 Å². The van der Waals surface area contributed by atoms with Crippen LogP contribution in [0.5, 0.6) is 5.75 Å². The molecule has 0 aromatic heterocycles. The molecule has 1 N–H and O–H groups in total. The number of amides is 1. The smallest absolute Gasteiger partial charge is 0.310 e. The summed E-state index contributed by atoms with van der Waals surface area (Å²) < 4.78 is 11.0. The second-order valence-corrected chi connectivity index (χ2v) is 6.21. The summed E-state index contributed by atoms with van der Waals surface area (Å²) in [5.74, 6) is -0.487. The van der Waals surface area contributed by atoms with E-state index in [9.17, 15) is 9.59 Å². The first-order valence-electron chi connectivity index (χ1n) is 7.01. The number of methoxy groups -OCH3 is 1. The van der Waals surface area contributed by atoms with Gasteiger partial charge >= 0.3 is 5.97 Å². The van der Waals surface area contributed by atoms with Crippen LogP contribution in [0.4, 0.5) is 5.69 Å². The van der Waals surface area contributed by atoms with Gasteiger partial charge in [0.1, 0.15) is 5.75 Å². The highest BCUT2D eigenvalue weighted by Crippen LogP contribution is 2.27. The van der Waals surface area contributed by atoms with Crippen molar-refractivity contribution in [3.05, 3.63) is 57.5 Å². The number of hydrogen-bond donors (Lipinski definition) is 1. The van der Waals surface area contributed by atoms with E-state index in [-0.39, 0.29) is 13.0 Å². The van der Waals surface area contributed by atoms with Gasteiger partial charge in [0.05, 0.1) is 19.2 Å². The summed E-state index contributed by atoms with van der Waals surface area (Å²) in [5.41, 5.74) is 1.22. The number of carbonyl (C=O) groups excluding carboxylic acids is 2. The van der Waals surface area contributed by atoms with E-state index in [1.165, 1.54) is 7.11 Å². The van der Waals surface area contributed by atoms with Gasteiger partial charge in [-0.2, -0.15) is 0 Å². The molecule has 0 radical (unpaired) electrons. The molecule has 0 atom stereocenters. The predicted octanol–water partition coefficient (Wildman–Crippen LogP) is 3.84. The van der Waals surface area contributed by atoms with E-state index < -0.39 is 11.9 Å². The highest BCUT2D eigenvalue weighted by Gasteiger charge is 2.11. The number of anilines is 1. The molecular weight excluding hydrogens is 398 g/mol. The summed E-state index contributed by atoms with van der Waals surface area (Å²) in [6.07, 6.45) is 0.0983. The molecule has 2 aromatic carbocycles. The van der Waals surface area contributed by atoms with Crippen LogP contribution >= 0.6 is 27.5 Å². The Kier molecular flexibility index (Phi) is 6.63. The largest absolute Gasteiger partial charge is 0.495 e. The standard InChI is InChI=1S/C17H15BrClNO4/c1-23-15-7-6-13(19)9-14(15)20-16(21)10-24-17(22)8-11-2-4-12(18)5-3-11/h2-7,9H,8,10H2,1H3,(H,20,21). The third-order valence-corrected chi connectivity index (χ3v) is 3.83. The van der Waals surface area contributed by atoms with Crippen LogP contribution in [0.2, 0.25) is 5.02 Å². The van der Waals surface area contributed by atoms with Crippen molar-refractivity contribution in [2.24, 2.45) is 0 Å². The Hall–Kier alpha value is -2.05. The summed E-state index contributed by atoms with van der Waals surface area (Å²) in [7, 11) is 1.48. The second kappa shape index (κ2) is 8.70. The first kappa shape index (κ1) is 18.3. The molecule has 0 saturated heterocycles. The number of ether oxygens (including phenoxy) is 2. The minimum Gasteiger partial charge on any atom is -0.495 e. The molecule has 0 unspecified atom stereocenters. The van der Waals surface area contributed by atoms with Crippen LogP contribution < -0.4 is 10.1 Å². The Labute approximate surface area is 153 Å². The van der Waals surface area contributed by atoms with E-state index in [0.717, 1.165) is 10.0 Å². The molecule has 2 rings (SSSR count). The predicted molar refractivity (Wildman–Crippen MR) is 95.4 cm³/mol. The summed E-state index contributed by atoms with van der Waals surface area (Å²) in [6.45, 7) is -0.384. The molecule has 0 aliphatic carbocycles. The molecule has 0 spiro atoms. The van der Waals surface area contributed by atoms with E-state index in [0.29, 0.717) is 16.5 Å². The minimum atomic E-state index is -0.481. The zero-order valence-electron chi connectivity index (χ0n) is 12.8. The van der Waals surface area contributed by atoms with Crippen molar-refractivity contribution < 1.29 is 19.1 Å². The summed E-state index contributed by atoms with van der Waals surface area (Å²) >= 11 is 9.21. The molecule has 2 aromatic rings.